The second-order valence-electron chi connectivity index (χ2n) is 6.71. The molecule has 1 amide bonds. The van der Waals surface area contributed by atoms with E-state index in [-0.39, 0.29) is 23.4 Å². The van der Waals surface area contributed by atoms with Crippen molar-refractivity contribution in [2.24, 2.45) is 0 Å². The Balaban J connectivity index is 1.44. The number of fused-ring (bicyclic) bond motifs is 1. The summed E-state index contributed by atoms with van der Waals surface area (Å²) in [6.45, 7) is 1.47. The Kier molecular flexibility index (Phi) is 5.31. The molecule has 0 aliphatic heterocycles. The molecule has 156 valence electrons. The first-order valence-electron chi connectivity index (χ1n) is 9.23. The first-order valence-corrected chi connectivity index (χ1v) is 9.23. The number of nitrogens with zero attached hydrogens (tertiary/aromatic N) is 2. The second-order valence-corrected chi connectivity index (χ2v) is 6.71. The number of nitrogens with one attached hydrogen (secondary N) is 1. The lowest BCUT2D eigenvalue weighted by molar-refractivity contribution is 0.0467. The highest BCUT2D eigenvalue weighted by atomic mass is 19.1. The molecule has 0 saturated heterocycles. The topological polar surface area (TPSA) is 103 Å². The van der Waals surface area contributed by atoms with Crippen LogP contribution in [0.25, 0.3) is 5.65 Å². The maximum Gasteiger partial charge on any atom is 0.338 e. The second kappa shape index (κ2) is 8.23. The minimum atomic E-state index is -0.660. The van der Waals surface area contributed by atoms with Crippen LogP contribution < -0.4 is 10.9 Å². The number of anilines is 1. The Morgan fingerprint density at radius 1 is 1.10 bits per heavy atom. The molecule has 1 N–H and O–H groups in total. The molecule has 0 saturated carbocycles. The van der Waals surface area contributed by atoms with Gasteiger partial charge in [-0.15, -0.1) is 4.57 Å². The Labute approximate surface area is 174 Å². The number of hydrogen-bond donors (Lipinski definition) is 1. The number of rotatable bonds is 5. The summed E-state index contributed by atoms with van der Waals surface area (Å²) in [7, 11) is 0. The van der Waals surface area contributed by atoms with Gasteiger partial charge in [0.1, 0.15) is 18.2 Å². The Hall–Kier alpha value is -4.27. The van der Waals surface area contributed by atoms with Crippen molar-refractivity contribution in [1.82, 2.24) is 9.56 Å². The fraction of sp³-hybridized carbons (Fsp3) is 0.0909. The molecule has 0 fully saturated rings. The number of carbonyl (C=O) groups excluding carboxylic acids is 2. The first-order chi connectivity index (χ1) is 14.9. The molecule has 0 bridgehead atoms. The highest BCUT2D eigenvalue weighted by Crippen LogP contribution is 2.15. The van der Waals surface area contributed by atoms with Gasteiger partial charge in [0.15, 0.2) is 5.65 Å². The number of benzene rings is 2. The van der Waals surface area contributed by atoms with Gasteiger partial charge in [-0.05, 0) is 43.3 Å². The standard InChI is InChI=1S/C22H16FN3O5/c1-13-8-19-24-18(11-20(27)26(19)31-13)12-30-22(29)15-5-3-7-17(10-15)25-21(28)14-4-2-6-16(23)9-14/h2-11H,12H2,1H3,(H,25,28). The molecule has 0 aliphatic rings. The van der Waals surface area contributed by atoms with Gasteiger partial charge in [-0.25, -0.2) is 14.2 Å². The van der Waals surface area contributed by atoms with E-state index in [9.17, 15) is 18.8 Å². The number of carbonyl (C=O) groups is 2. The Morgan fingerprint density at radius 2 is 1.87 bits per heavy atom. The molecule has 9 heteroatoms. The number of esters is 1. The van der Waals surface area contributed by atoms with E-state index in [0.29, 0.717) is 17.1 Å². The van der Waals surface area contributed by atoms with Gasteiger partial charge >= 0.3 is 5.97 Å². The van der Waals surface area contributed by atoms with Gasteiger partial charge in [0, 0.05) is 23.4 Å². The van der Waals surface area contributed by atoms with Crippen LogP contribution in [0.4, 0.5) is 10.1 Å². The van der Waals surface area contributed by atoms with E-state index in [1.165, 1.54) is 36.4 Å². The number of hydrogen-bond acceptors (Lipinski definition) is 6. The SMILES string of the molecule is Cc1cc2nc(COC(=O)c3cccc(NC(=O)c4cccc(F)c4)c3)cc(=O)n2o1. The monoisotopic (exact) mass is 421 g/mol. The minimum absolute atomic E-state index is 0.148. The van der Waals surface area contributed by atoms with E-state index >= 15 is 0 Å². The molecule has 2 aromatic heterocycles. The normalized spacial score (nSPS) is 10.8. The largest absolute Gasteiger partial charge is 0.456 e. The van der Waals surface area contributed by atoms with E-state index in [1.807, 2.05) is 0 Å². The number of ether oxygens (including phenoxy) is 1. The van der Waals surface area contributed by atoms with Gasteiger partial charge in [-0.2, -0.15) is 0 Å². The smallest absolute Gasteiger partial charge is 0.338 e. The van der Waals surface area contributed by atoms with Crippen molar-refractivity contribution >= 4 is 23.2 Å². The Morgan fingerprint density at radius 3 is 2.68 bits per heavy atom. The molecule has 0 aliphatic carbocycles. The van der Waals surface area contributed by atoms with Crippen molar-refractivity contribution in [3.8, 4) is 0 Å². The maximum absolute atomic E-state index is 13.3. The molecule has 0 unspecified atom stereocenters. The van der Waals surface area contributed by atoms with Crippen molar-refractivity contribution in [3.05, 3.63) is 99.4 Å². The summed E-state index contributed by atoms with van der Waals surface area (Å²) >= 11 is 0. The van der Waals surface area contributed by atoms with Gasteiger partial charge in [0.25, 0.3) is 11.5 Å². The van der Waals surface area contributed by atoms with Crippen LogP contribution in [-0.2, 0) is 11.3 Å². The minimum Gasteiger partial charge on any atom is -0.456 e. The molecule has 2 aromatic carbocycles. The summed E-state index contributed by atoms with van der Waals surface area (Å²) < 4.78 is 24.8. The van der Waals surface area contributed by atoms with Crippen LogP contribution in [-0.4, -0.2) is 21.4 Å². The number of aryl methyl sites for hydroxylation is 1. The molecule has 4 aromatic rings. The van der Waals surface area contributed by atoms with Crippen LogP contribution in [0.5, 0.6) is 0 Å². The third-order valence-electron chi connectivity index (χ3n) is 4.32. The van der Waals surface area contributed by atoms with Crippen molar-refractivity contribution in [2.75, 3.05) is 5.32 Å². The molecule has 0 radical (unpaired) electrons. The highest BCUT2D eigenvalue weighted by Gasteiger charge is 2.13. The lowest BCUT2D eigenvalue weighted by atomic mass is 10.1. The molecule has 2 heterocycles. The molecular weight excluding hydrogens is 405 g/mol. The fourth-order valence-electron chi connectivity index (χ4n) is 2.93. The zero-order valence-corrected chi connectivity index (χ0v) is 16.3. The average Bonchev–Trinajstić information content (AvgIpc) is 3.13. The average molecular weight is 421 g/mol. The molecule has 8 nitrogen and oxygen atoms in total. The quantitative estimate of drug-likeness (QED) is 0.496. The van der Waals surface area contributed by atoms with Crippen LogP contribution in [0.15, 0.2) is 70.0 Å². The summed E-state index contributed by atoms with van der Waals surface area (Å²) in [5.74, 6) is -1.18. The molecular formula is C22H16FN3O5. The number of aromatic nitrogens is 2. The third-order valence-corrected chi connectivity index (χ3v) is 4.32. The third kappa shape index (κ3) is 4.50. The van der Waals surface area contributed by atoms with Crippen LogP contribution in [0.2, 0.25) is 0 Å². The van der Waals surface area contributed by atoms with E-state index in [2.05, 4.69) is 10.3 Å². The molecule has 0 spiro atoms. The summed E-state index contributed by atoms with van der Waals surface area (Å²) in [5, 5.41) is 2.60. The summed E-state index contributed by atoms with van der Waals surface area (Å²) in [4.78, 5) is 40.9. The predicted octanol–water partition coefficient (Wildman–Crippen LogP) is 3.34. The summed E-state index contributed by atoms with van der Waals surface area (Å²) in [6, 6.07) is 14.2. The first kappa shape index (κ1) is 20.0. The van der Waals surface area contributed by atoms with Crippen molar-refractivity contribution in [2.45, 2.75) is 13.5 Å². The highest BCUT2D eigenvalue weighted by molar-refractivity contribution is 6.04. The van der Waals surface area contributed by atoms with Crippen LogP contribution >= 0.6 is 0 Å². The van der Waals surface area contributed by atoms with E-state index in [4.69, 9.17) is 9.26 Å². The van der Waals surface area contributed by atoms with E-state index in [1.54, 1.807) is 25.1 Å². The van der Waals surface area contributed by atoms with Crippen LogP contribution in [0.3, 0.4) is 0 Å². The molecule has 0 atom stereocenters. The fourth-order valence-corrected chi connectivity index (χ4v) is 2.93. The van der Waals surface area contributed by atoms with Gasteiger partial charge in [0.2, 0.25) is 0 Å². The van der Waals surface area contributed by atoms with E-state index in [0.717, 1.165) is 10.6 Å². The number of halogens is 1. The molecule has 4 rings (SSSR count). The van der Waals surface area contributed by atoms with Crippen molar-refractivity contribution < 1.29 is 23.2 Å². The van der Waals surface area contributed by atoms with Crippen molar-refractivity contribution in [3.63, 3.8) is 0 Å². The maximum atomic E-state index is 13.3. The van der Waals surface area contributed by atoms with Gasteiger partial charge in [-0.3, -0.25) is 9.59 Å². The lowest BCUT2D eigenvalue weighted by Crippen LogP contribution is -2.15. The molecule has 31 heavy (non-hydrogen) atoms. The predicted molar refractivity (Wildman–Crippen MR) is 108 cm³/mol. The lowest BCUT2D eigenvalue weighted by Gasteiger charge is -2.08. The van der Waals surface area contributed by atoms with E-state index < -0.39 is 23.3 Å². The summed E-state index contributed by atoms with van der Waals surface area (Å²) in [5.41, 5.74) is 0.846. The van der Waals surface area contributed by atoms with Crippen LogP contribution in [0.1, 0.15) is 32.2 Å². The summed E-state index contributed by atoms with van der Waals surface area (Å²) in [6.07, 6.45) is 0. The van der Waals surface area contributed by atoms with Gasteiger partial charge < -0.3 is 14.6 Å². The zero-order chi connectivity index (χ0) is 22.0. The zero-order valence-electron chi connectivity index (χ0n) is 16.3. The Bertz CT molecular complexity index is 1360. The van der Waals surface area contributed by atoms with Crippen LogP contribution in [0, 0.1) is 12.7 Å². The van der Waals surface area contributed by atoms with Gasteiger partial charge in [-0.1, -0.05) is 12.1 Å². The van der Waals surface area contributed by atoms with Crippen molar-refractivity contribution in [1.29, 1.82) is 0 Å². The van der Waals surface area contributed by atoms with Gasteiger partial charge in [0.05, 0.1) is 11.3 Å². The number of amides is 1.